The minimum atomic E-state index is -1.82. The fourth-order valence-electron chi connectivity index (χ4n) is 2.85. The highest BCUT2D eigenvalue weighted by molar-refractivity contribution is 5.97. The number of carbonyl (C=O) groups excluding carboxylic acids is 2. The van der Waals surface area contributed by atoms with E-state index in [1.54, 1.807) is 13.8 Å². The monoisotopic (exact) mass is 366 g/mol. The molecular weight excluding hydrogens is 343 g/mol. The van der Waals surface area contributed by atoms with Gasteiger partial charge in [-0.3, -0.25) is 9.59 Å². The second-order valence-corrected chi connectivity index (χ2v) is 6.86. The predicted octanol–water partition coefficient (Wildman–Crippen LogP) is 1.02. The first kappa shape index (κ1) is 19.8. The molecule has 1 aliphatic heterocycles. The number of aliphatic hydroxyl groups is 1. The molecule has 3 N–H and O–H groups in total. The minimum absolute atomic E-state index is 0.0647. The van der Waals surface area contributed by atoms with Gasteiger partial charge in [0.05, 0.1) is 0 Å². The van der Waals surface area contributed by atoms with Gasteiger partial charge in [0.2, 0.25) is 5.91 Å². The molecule has 1 aliphatic rings. The summed E-state index contributed by atoms with van der Waals surface area (Å²) in [6.07, 6.45) is -0.129. The molecule has 7 nitrogen and oxygen atoms in total. The first-order chi connectivity index (χ1) is 12.1. The van der Waals surface area contributed by atoms with Crippen LogP contribution in [-0.2, 0) is 9.59 Å². The standard InChI is InChI=1S/C18H23FN2O5/c1-11(2)14(20-15(22)12-3-5-13(19)6-4-12)16(23)21-9-7-18(26,8-10-21)17(24)25/h3-6,11,14,26H,7-10H2,1-2H3,(H,20,22)(H,24,25). The third kappa shape index (κ3) is 4.37. The van der Waals surface area contributed by atoms with Gasteiger partial charge in [-0.05, 0) is 30.2 Å². The number of amides is 2. The van der Waals surface area contributed by atoms with Crippen molar-refractivity contribution in [2.75, 3.05) is 13.1 Å². The molecule has 0 saturated carbocycles. The van der Waals surface area contributed by atoms with Gasteiger partial charge in [0.25, 0.3) is 5.91 Å². The van der Waals surface area contributed by atoms with Crippen molar-refractivity contribution in [1.82, 2.24) is 10.2 Å². The van der Waals surface area contributed by atoms with Crippen molar-refractivity contribution in [3.05, 3.63) is 35.6 Å². The lowest BCUT2D eigenvalue weighted by molar-refractivity contribution is -0.165. The summed E-state index contributed by atoms with van der Waals surface area (Å²) in [7, 11) is 0. The number of aliphatic carboxylic acids is 1. The molecular formula is C18H23FN2O5. The van der Waals surface area contributed by atoms with Crippen LogP contribution < -0.4 is 5.32 Å². The second kappa shape index (κ2) is 7.82. The van der Waals surface area contributed by atoms with Crippen molar-refractivity contribution in [1.29, 1.82) is 0 Å². The van der Waals surface area contributed by atoms with Gasteiger partial charge in [0, 0.05) is 31.5 Å². The second-order valence-electron chi connectivity index (χ2n) is 6.86. The smallest absolute Gasteiger partial charge is 0.335 e. The number of nitrogens with one attached hydrogen (secondary N) is 1. The van der Waals surface area contributed by atoms with Crippen molar-refractivity contribution in [3.8, 4) is 0 Å². The number of rotatable bonds is 5. The van der Waals surface area contributed by atoms with E-state index in [0.29, 0.717) is 0 Å². The Hall–Kier alpha value is -2.48. The van der Waals surface area contributed by atoms with Crippen LogP contribution >= 0.6 is 0 Å². The highest BCUT2D eigenvalue weighted by atomic mass is 19.1. The molecule has 2 rings (SSSR count). The summed E-state index contributed by atoms with van der Waals surface area (Å²) in [5.41, 5.74) is -1.58. The lowest BCUT2D eigenvalue weighted by atomic mass is 9.90. The summed E-state index contributed by atoms with van der Waals surface area (Å²) in [5, 5.41) is 21.7. The maximum absolute atomic E-state index is 13.0. The molecule has 0 aliphatic carbocycles. The summed E-state index contributed by atoms with van der Waals surface area (Å²) >= 11 is 0. The van der Waals surface area contributed by atoms with Crippen LogP contribution in [0.4, 0.5) is 4.39 Å². The van der Waals surface area contributed by atoms with Gasteiger partial charge in [0.15, 0.2) is 5.60 Å². The summed E-state index contributed by atoms with van der Waals surface area (Å²) < 4.78 is 13.0. The zero-order valence-corrected chi connectivity index (χ0v) is 14.7. The Bertz CT molecular complexity index is 681. The highest BCUT2D eigenvalue weighted by Gasteiger charge is 2.41. The molecule has 8 heteroatoms. The maximum Gasteiger partial charge on any atom is 0.335 e. The van der Waals surface area contributed by atoms with E-state index in [-0.39, 0.29) is 43.3 Å². The van der Waals surface area contributed by atoms with E-state index >= 15 is 0 Å². The highest BCUT2D eigenvalue weighted by Crippen LogP contribution is 2.23. The van der Waals surface area contributed by atoms with Gasteiger partial charge in [0.1, 0.15) is 11.9 Å². The van der Waals surface area contributed by atoms with Crippen molar-refractivity contribution in [3.63, 3.8) is 0 Å². The molecule has 1 atom stereocenters. The lowest BCUT2D eigenvalue weighted by Gasteiger charge is -2.37. The number of hydrogen-bond acceptors (Lipinski definition) is 4. The van der Waals surface area contributed by atoms with Crippen LogP contribution in [0.5, 0.6) is 0 Å². The van der Waals surface area contributed by atoms with Crippen LogP contribution in [0.1, 0.15) is 37.0 Å². The third-order valence-electron chi connectivity index (χ3n) is 4.63. The maximum atomic E-state index is 13.0. The van der Waals surface area contributed by atoms with Crippen LogP contribution in [0.25, 0.3) is 0 Å². The molecule has 0 spiro atoms. The average Bonchev–Trinajstić information content (AvgIpc) is 2.59. The Kier molecular flexibility index (Phi) is 5.97. The van der Waals surface area contributed by atoms with Crippen LogP contribution in [-0.4, -0.2) is 57.6 Å². The number of likely N-dealkylation sites (tertiary alicyclic amines) is 1. The molecule has 2 amide bonds. The van der Waals surface area contributed by atoms with Gasteiger partial charge in [-0.25, -0.2) is 9.18 Å². The zero-order valence-electron chi connectivity index (χ0n) is 14.7. The normalized spacial score (nSPS) is 17.7. The van der Waals surface area contributed by atoms with E-state index in [2.05, 4.69) is 5.32 Å². The van der Waals surface area contributed by atoms with Gasteiger partial charge < -0.3 is 20.4 Å². The molecule has 0 radical (unpaired) electrons. The van der Waals surface area contributed by atoms with E-state index in [9.17, 15) is 23.9 Å². The fraction of sp³-hybridized carbons (Fsp3) is 0.500. The topological polar surface area (TPSA) is 107 Å². The summed E-state index contributed by atoms with van der Waals surface area (Å²) in [6.45, 7) is 3.75. The van der Waals surface area contributed by atoms with Crippen LogP contribution in [0.2, 0.25) is 0 Å². The van der Waals surface area contributed by atoms with E-state index in [4.69, 9.17) is 5.11 Å². The van der Waals surface area contributed by atoms with Crippen molar-refractivity contribution in [2.24, 2.45) is 5.92 Å². The number of carboxylic acids is 1. The quantitative estimate of drug-likeness (QED) is 0.721. The minimum Gasteiger partial charge on any atom is -0.479 e. The van der Waals surface area contributed by atoms with Gasteiger partial charge >= 0.3 is 5.97 Å². The first-order valence-corrected chi connectivity index (χ1v) is 8.45. The molecule has 1 heterocycles. The SMILES string of the molecule is CC(C)C(NC(=O)c1ccc(F)cc1)C(=O)N1CCC(O)(C(=O)O)CC1. The summed E-state index contributed by atoms with van der Waals surface area (Å²) in [5.74, 6) is -2.78. The largest absolute Gasteiger partial charge is 0.479 e. The number of piperidine rings is 1. The Morgan fingerprint density at radius 1 is 1.15 bits per heavy atom. The Morgan fingerprint density at radius 2 is 1.69 bits per heavy atom. The number of halogens is 1. The predicted molar refractivity (Wildman–Crippen MR) is 90.9 cm³/mol. The van der Waals surface area contributed by atoms with E-state index in [1.807, 2.05) is 0 Å². The van der Waals surface area contributed by atoms with Gasteiger partial charge in [-0.2, -0.15) is 0 Å². The molecule has 1 fully saturated rings. The lowest BCUT2D eigenvalue weighted by Crippen LogP contribution is -2.56. The molecule has 0 bridgehead atoms. The average molecular weight is 366 g/mol. The van der Waals surface area contributed by atoms with Crippen molar-refractivity contribution >= 4 is 17.8 Å². The molecule has 1 saturated heterocycles. The Labute approximate surface area is 150 Å². The third-order valence-corrected chi connectivity index (χ3v) is 4.63. The summed E-state index contributed by atoms with van der Waals surface area (Å²) in [6, 6.07) is 4.20. The van der Waals surface area contributed by atoms with E-state index in [1.165, 1.54) is 29.2 Å². The van der Waals surface area contributed by atoms with Crippen LogP contribution in [0, 0.1) is 11.7 Å². The molecule has 26 heavy (non-hydrogen) atoms. The van der Waals surface area contributed by atoms with E-state index in [0.717, 1.165) is 0 Å². The number of carboxylic acid groups (broad SMARTS) is 1. The molecule has 1 unspecified atom stereocenters. The van der Waals surface area contributed by atoms with Crippen molar-refractivity contribution < 1.29 is 29.0 Å². The molecule has 0 aromatic heterocycles. The fourth-order valence-corrected chi connectivity index (χ4v) is 2.85. The van der Waals surface area contributed by atoms with Crippen molar-refractivity contribution in [2.45, 2.75) is 38.3 Å². The van der Waals surface area contributed by atoms with Crippen LogP contribution in [0.3, 0.4) is 0 Å². The van der Waals surface area contributed by atoms with Crippen LogP contribution in [0.15, 0.2) is 24.3 Å². The Morgan fingerprint density at radius 3 is 2.15 bits per heavy atom. The molecule has 142 valence electrons. The first-order valence-electron chi connectivity index (χ1n) is 8.45. The number of hydrogen-bond donors (Lipinski definition) is 3. The number of carbonyl (C=O) groups is 3. The van der Waals surface area contributed by atoms with Gasteiger partial charge in [-0.15, -0.1) is 0 Å². The molecule has 1 aromatic rings. The van der Waals surface area contributed by atoms with Gasteiger partial charge in [-0.1, -0.05) is 13.8 Å². The number of benzene rings is 1. The Balaban J connectivity index is 2.05. The zero-order chi connectivity index (χ0) is 19.5. The number of nitrogens with zero attached hydrogens (tertiary/aromatic N) is 1. The summed E-state index contributed by atoms with van der Waals surface area (Å²) in [4.78, 5) is 37.6. The van der Waals surface area contributed by atoms with E-state index < -0.39 is 29.3 Å². The molecule has 1 aromatic carbocycles.